The third kappa shape index (κ3) is 3.79. The lowest BCUT2D eigenvalue weighted by Gasteiger charge is -2.03. The van der Waals surface area contributed by atoms with E-state index in [1.165, 1.54) is 0 Å². The second-order valence-electron chi connectivity index (χ2n) is 4.21. The summed E-state index contributed by atoms with van der Waals surface area (Å²) in [6.45, 7) is 1.07. The van der Waals surface area contributed by atoms with Gasteiger partial charge >= 0.3 is 11.8 Å². The van der Waals surface area contributed by atoms with E-state index in [0.717, 1.165) is 6.42 Å². The molecule has 1 aromatic carbocycles. The van der Waals surface area contributed by atoms with E-state index >= 15 is 0 Å². The van der Waals surface area contributed by atoms with Gasteiger partial charge in [0.1, 0.15) is 5.75 Å². The molecule has 0 fully saturated rings. The van der Waals surface area contributed by atoms with Crippen LogP contribution in [0.25, 0.3) is 11.5 Å². The fourth-order valence-corrected chi connectivity index (χ4v) is 1.74. The van der Waals surface area contributed by atoms with E-state index in [1.54, 1.807) is 26.4 Å². The van der Waals surface area contributed by atoms with Gasteiger partial charge in [-0.2, -0.15) is 0 Å². The number of hydrogen-bond donors (Lipinski definition) is 1. The number of aromatic nitrogens is 2. The molecule has 7 nitrogen and oxygen atoms in total. The molecular formula is C14H17N3O4. The Kier molecular flexibility index (Phi) is 5.28. The summed E-state index contributed by atoms with van der Waals surface area (Å²) in [5, 5.41) is 10.3. The van der Waals surface area contributed by atoms with Gasteiger partial charge in [-0.05, 0) is 18.6 Å². The van der Waals surface area contributed by atoms with Crippen molar-refractivity contribution in [3.63, 3.8) is 0 Å². The molecule has 21 heavy (non-hydrogen) atoms. The summed E-state index contributed by atoms with van der Waals surface area (Å²) < 4.78 is 15.5. The molecule has 7 heteroatoms. The minimum atomic E-state index is -0.403. The van der Waals surface area contributed by atoms with Crippen LogP contribution in [-0.4, -0.2) is 43.5 Å². The molecule has 1 aromatic heterocycles. The summed E-state index contributed by atoms with van der Waals surface area (Å²) in [5.41, 5.74) is 0.644. The van der Waals surface area contributed by atoms with Gasteiger partial charge in [0.2, 0.25) is 0 Å². The van der Waals surface area contributed by atoms with E-state index in [2.05, 4.69) is 15.5 Å². The van der Waals surface area contributed by atoms with Gasteiger partial charge in [-0.3, -0.25) is 4.79 Å². The number of hydrogen-bond acceptors (Lipinski definition) is 6. The quantitative estimate of drug-likeness (QED) is 0.778. The van der Waals surface area contributed by atoms with Crippen LogP contribution in [0.15, 0.2) is 28.7 Å². The Labute approximate surface area is 122 Å². The van der Waals surface area contributed by atoms with Crippen molar-refractivity contribution in [3.05, 3.63) is 30.2 Å². The maximum Gasteiger partial charge on any atom is 0.308 e. The van der Waals surface area contributed by atoms with Gasteiger partial charge < -0.3 is 19.2 Å². The van der Waals surface area contributed by atoms with Crippen molar-refractivity contribution in [2.45, 2.75) is 6.42 Å². The van der Waals surface area contributed by atoms with Crippen LogP contribution < -0.4 is 10.1 Å². The van der Waals surface area contributed by atoms with Crippen molar-refractivity contribution in [2.75, 3.05) is 27.4 Å². The third-order valence-corrected chi connectivity index (χ3v) is 2.77. The molecule has 2 aromatic rings. The van der Waals surface area contributed by atoms with Crippen LogP contribution in [0.1, 0.15) is 17.1 Å². The molecule has 0 aliphatic rings. The molecule has 0 atom stereocenters. The molecule has 0 spiro atoms. The Balaban J connectivity index is 2.05. The van der Waals surface area contributed by atoms with Crippen LogP contribution in [0.2, 0.25) is 0 Å². The van der Waals surface area contributed by atoms with Crippen molar-refractivity contribution in [2.24, 2.45) is 0 Å². The maximum atomic E-state index is 11.8. The molecule has 0 aliphatic carbocycles. The van der Waals surface area contributed by atoms with E-state index < -0.39 is 5.91 Å². The molecule has 0 aliphatic heterocycles. The summed E-state index contributed by atoms with van der Waals surface area (Å²) in [6.07, 6.45) is 0.718. The van der Waals surface area contributed by atoms with Crippen LogP contribution in [0.4, 0.5) is 0 Å². The smallest absolute Gasteiger partial charge is 0.308 e. The highest BCUT2D eigenvalue weighted by molar-refractivity contribution is 5.89. The number of nitrogens with one attached hydrogen (secondary N) is 1. The lowest BCUT2D eigenvalue weighted by atomic mass is 10.2. The molecule has 0 saturated heterocycles. The number of amides is 1. The molecule has 1 heterocycles. The Hall–Kier alpha value is -2.41. The fourth-order valence-electron chi connectivity index (χ4n) is 1.74. The molecular weight excluding hydrogens is 274 g/mol. The number of nitrogens with zero attached hydrogens (tertiary/aromatic N) is 2. The molecule has 2 rings (SSSR count). The second-order valence-corrected chi connectivity index (χ2v) is 4.21. The normalized spacial score (nSPS) is 10.4. The van der Waals surface area contributed by atoms with E-state index in [-0.39, 0.29) is 11.8 Å². The molecule has 0 saturated carbocycles. The highest BCUT2D eigenvalue weighted by Crippen LogP contribution is 2.28. The molecule has 0 bridgehead atoms. The van der Waals surface area contributed by atoms with E-state index in [9.17, 15) is 4.79 Å². The van der Waals surface area contributed by atoms with Crippen LogP contribution in [0, 0.1) is 0 Å². The maximum absolute atomic E-state index is 11.8. The highest BCUT2D eigenvalue weighted by Gasteiger charge is 2.17. The predicted molar refractivity (Wildman–Crippen MR) is 75.1 cm³/mol. The van der Waals surface area contributed by atoms with Gasteiger partial charge in [-0.1, -0.05) is 12.1 Å². The zero-order chi connectivity index (χ0) is 15.1. The van der Waals surface area contributed by atoms with E-state index in [0.29, 0.717) is 24.5 Å². The summed E-state index contributed by atoms with van der Waals surface area (Å²) in [6, 6.07) is 7.23. The first-order valence-electron chi connectivity index (χ1n) is 6.50. The van der Waals surface area contributed by atoms with Gasteiger partial charge in [-0.25, -0.2) is 0 Å². The van der Waals surface area contributed by atoms with Crippen LogP contribution in [-0.2, 0) is 4.74 Å². The van der Waals surface area contributed by atoms with Gasteiger partial charge in [0.25, 0.3) is 5.89 Å². The number of rotatable bonds is 7. The fraction of sp³-hybridized carbons (Fsp3) is 0.357. The first kappa shape index (κ1) is 15.0. The predicted octanol–water partition coefficient (Wildman–Crippen LogP) is 1.51. The second kappa shape index (κ2) is 7.39. The van der Waals surface area contributed by atoms with Crippen LogP contribution >= 0.6 is 0 Å². The molecule has 1 amide bonds. The number of methoxy groups -OCH3 is 2. The standard InChI is InChI=1S/C14H17N3O4/c1-19-9-5-8-15-12(18)14-17-16-13(21-14)10-6-3-4-7-11(10)20-2/h3-4,6-7H,5,8-9H2,1-2H3,(H,15,18). The zero-order valence-corrected chi connectivity index (χ0v) is 12.0. The van der Waals surface area contributed by atoms with Crippen molar-refractivity contribution in [1.82, 2.24) is 15.5 Å². The lowest BCUT2D eigenvalue weighted by molar-refractivity contribution is 0.0914. The van der Waals surface area contributed by atoms with Crippen LogP contribution in [0.3, 0.4) is 0 Å². The SMILES string of the molecule is COCCCNC(=O)c1nnc(-c2ccccc2OC)o1. The highest BCUT2D eigenvalue weighted by atomic mass is 16.5. The Bertz CT molecular complexity index is 597. The molecule has 112 valence electrons. The topological polar surface area (TPSA) is 86.5 Å². The number of benzene rings is 1. The number of para-hydroxylation sites is 1. The molecule has 0 unspecified atom stereocenters. The Morgan fingerprint density at radius 1 is 1.29 bits per heavy atom. The average molecular weight is 291 g/mol. The summed E-state index contributed by atoms with van der Waals surface area (Å²) in [5.74, 6) is 0.371. The number of carbonyl (C=O) groups is 1. The first-order valence-corrected chi connectivity index (χ1v) is 6.50. The first-order chi connectivity index (χ1) is 10.3. The van der Waals surface area contributed by atoms with Gasteiger partial charge in [0.05, 0.1) is 12.7 Å². The number of carbonyl (C=O) groups excluding carboxylic acids is 1. The third-order valence-electron chi connectivity index (χ3n) is 2.77. The van der Waals surface area contributed by atoms with E-state index in [4.69, 9.17) is 13.9 Å². The molecule has 0 radical (unpaired) electrons. The van der Waals surface area contributed by atoms with Gasteiger partial charge in [0, 0.05) is 20.3 Å². The lowest BCUT2D eigenvalue weighted by Crippen LogP contribution is -2.25. The van der Waals surface area contributed by atoms with Crippen LogP contribution in [0.5, 0.6) is 5.75 Å². The van der Waals surface area contributed by atoms with Crippen molar-refractivity contribution < 1.29 is 18.7 Å². The monoisotopic (exact) mass is 291 g/mol. The summed E-state index contributed by atoms with van der Waals surface area (Å²) >= 11 is 0. The Morgan fingerprint density at radius 3 is 2.86 bits per heavy atom. The van der Waals surface area contributed by atoms with Crippen molar-refractivity contribution in [3.8, 4) is 17.2 Å². The minimum Gasteiger partial charge on any atom is -0.496 e. The molecule has 1 N–H and O–H groups in total. The van der Waals surface area contributed by atoms with Gasteiger partial charge in [0.15, 0.2) is 0 Å². The minimum absolute atomic E-state index is 0.0756. The van der Waals surface area contributed by atoms with Gasteiger partial charge in [-0.15, -0.1) is 10.2 Å². The zero-order valence-electron chi connectivity index (χ0n) is 12.0. The van der Waals surface area contributed by atoms with E-state index in [1.807, 2.05) is 12.1 Å². The Morgan fingerprint density at radius 2 is 2.10 bits per heavy atom. The van der Waals surface area contributed by atoms with Crippen molar-refractivity contribution >= 4 is 5.91 Å². The largest absolute Gasteiger partial charge is 0.496 e. The summed E-state index contributed by atoms with van der Waals surface area (Å²) in [7, 11) is 3.16. The number of ether oxygens (including phenoxy) is 2. The van der Waals surface area contributed by atoms with Crippen molar-refractivity contribution in [1.29, 1.82) is 0 Å². The summed E-state index contributed by atoms with van der Waals surface area (Å²) in [4.78, 5) is 11.8. The average Bonchev–Trinajstić information content (AvgIpc) is 3.01.